The standard InChI is InChI=1S/C18H22N5/c1-2-12-23-14-20-21-17(23)13-19-18(22-10-6-3-7-11-22)15-8-4-5-9-16(15)23/h3-6,8-9,14H,2,7,10-13H2,1H3/q+1. The van der Waals surface area contributed by atoms with Crippen LogP contribution in [-0.4, -0.2) is 49.1 Å². The first-order valence-corrected chi connectivity index (χ1v) is 8.39. The van der Waals surface area contributed by atoms with Crippen LogP contribution in [0.4, 0.5) is 5.69 Å². The van der Waals surface area contributed by atoms with E-state index >= 15 is 0 Å². The molecule has 3 aliphatic heterocycles. The van der Waals surface area contributed by atoms with Gasteiger partial charge in [-0.2, -0.15) is 4.48 Å². The molecule has 0 amide bonds. The monoisotopic (exact) mass is 308 g/mol. The van der Waals surface area contributed by atoms with Gasteiger partial charge in [-0.05, 0) is 18.9 Å². The van der Waals surface area contributed by atoms with Gasteiger partial charge in [-0.1, -0.05) is 41.4 Å². The Labute approximate surface area is 136 Å². The zero-order valence-electron chi connectivity index (χ0n) is 13.5. The zero-order valence-corrected chi connectivity index (χ0v) is 13.5. The van der Waals surface area contributed by atoms with Crippen LogP contribution in [0.3, 0.4) is 0 Å². The van der Waals surface area contributed by atoms with Crippen LogP contribution >= 0.6 is 0 Å². The number of amidine groups is 2. The molecule has 1 atom stereocenters. The summed E-state index contributed by atoms with van der Waals surface area (Å²) in [7, 11) is 0. The number of quaternary nitrogens is 1. The van der Waals surface area contributed by atoms with Gasteiger partial charge >= 0.3 is 0 Å². The fourth-order valence-corrected chi connectivity index (χ4v) is 3.69. The van der Waals surface area contributed by atoms with Gasteiger partial charge in [-0.3, -0.25) is 4.99 Å². The SMILES string of the molecule is CCC[N+]12C=NN=C1CN=C(N1CC=CCC1)c1ccccc12. The minimum Gasteiger partial charge on any atom is -0.352 e. The lowest BCUT2D eigenvalue weighted by molar-refractivity contribution is 0.454. The molecule has 23 heavy (non-hydrogen) atoms. The van der Waals surface area contributed by atoms with Gasteiger partial charge in [-0.15, -0.1) is 0 Å². The third-order valence-electron chi connectivity index (χ3n) is 4.76. The van der Waals surface area contributed by atoms with Crippen molar-refractivity contribution in [3.8, 4) is 0 Å². The summed E-state index contributed by atoms with van der Waals surface area (Å²) in [5.74, 6) is 2.13. The molecule has 3 heterocycles. The van der Waals surface area contributed by atoms with E-state index < -0.39 is 0 Å². The number of aliphatic imine (C=N–C) groups is 1. The number of para-hydroxylation sites is 1. The molecule has 0 saturated carbocycles. The Morgan fingerprint density at radius 1 is 1.22 bits per heavy atom. The molecule has 5 nitrogen and oxygen atoms in total. The molecule has 0 N–H and O–H groups in total. The van der Waals surface area contributed by atoms with E-state index in [0.29, 0.717) is 11.0 Å². The Hall–Kier alpha value is -2.27. The number of fused-ring (bicyclic) bond motifs is 3. The van der Waals surface area contributed by atoms with Crippen molar-refractivity contribution in [2.45, 2.75) is 19.8 Å². The maximum Gasteiger partial charge on any atom is 0.255 e. The average Bonchev–Trinajstić information content (AvgIpc) is 2.95. The number of rotatable bonds is 2. The van der Waals surface area contributed by atoms with Gasteiger partial charge in [0.2, 0.25) is 6.34 Å². The molecule has 0 fully saturated rings. The highest BCUT2D eigenvalue weighted by molar-refractivity contribution is 6.16. The van der Waals surface area contributed by atoms with E-state index in [1.165, 1.54) is 11.3 Å². The smallest absolute Gasteiger partial charge is 0.255 e. The van der Waals surface area contributed by atoms with Crippen LogP contribution in [0.1, 0.15) is 25.3 Å². The second kappa shape index (κ2) is 5.74. The van der Waals surface area contributed by atoms with Gasteiger partial charge in [0.1, 0.15) is 12.4 Å². The third kappa shape index (κ3) is 2.23. The molecule has 118 valence electrons. The molecule has 0 aliphatic carbocycles. The lowest BCUT2D eigenvalue weighted by Gasteiger charge is -2.31. The van der Waals surface area contributed by atoms with Crippen LogP contribution in [0.5, 0.6) is 0 Å². The Balaban J connectivity index is 1.86. The van der Waals surface area contributed by atoms with Gasteiger partial charge in [0.05, 0.1) is 12.1 Å². The second-order valence-corrected chi connectivity index (χ2v) is 6.20. The molecule has 1 unspecified atom stereocenters. The minimum atomic E-state index is 0.615. The summed E-state index contributed by atoms with van der Waals surface area (Å²) >= 11 is 0. The first-order valence-electron chi connectivity index (χ1n) is 8.39. The highest BCUT2D eigenvalue weighted by Crippen LogP contribution is 2.33. The molecule has 0 bridgehead atoms. The van der Waals surface area contributed by atoms with Gasteiger partial charge in [-0.25, -0.2) is 0 Å². The highest BCUT2D eigenvalue weighted by atomic mass is 15.5. The van der Waals surface area contributed by atoms with Crippen molar-refractivity contribution in [2.24, 2.45) is 15.2 Å². The number of benzene rings is 1. The van der Waals surface area contributed by atoms with Crippen molar-refractivity contribution in [3.63, 3.8) is 0 Å². The predicted octanol–water partition coefficient (Wildman–Crippen LogP) is 2.78. The number of hydrogen-bond donors (Lipinski definition) is 0. The van der Waals surface area contributed by atoms with Crippen LogP contribution in [0.25, 0.3) is 0 Å². The van der Waals surface area contributed by atoms with Crippen LogP contribution in [0.2, 0.25) is 0 Å². The van der Waals surface area contributed by atoms with Crippen molar-refractivity contribution < 1.29 is 0 Å². The lowest BCUT2D eigenvalue weighted by atomic mass is 10.1. The first-order chi connectivity index (χ1) is 11.3. The Bertz CT molecular complexity index is 731. The van der Waals surface area contributed by atoms with Crippen LogP contribution in [0.15, 0.2) is 51.6 Å². The van der Waals surface area contributed by atoms with E-state index in [4.69, 9.17) is 4.99 Å². The quantitative estimate of drug-likeness (QED) is 0.612. The number of nitrogens with zero attached hydrogens (tertiary/aromatic N) is 5. The molecule has 0 spiro atoms. The molecule has 1 aromatic carbocycles. The molecular weight excluding hydrogens is 286 g/mol. The molecule has 3 aliphatic rings. The summed E-state index contributed by atoms with van der Waals surface area (Å²) in [6, 6.07) is 8.61. The summed E-state index contributed by atoms with van der Waals surface area (Å²) in [4.78, 5) is 7.32. The van der Waals surface area contributed by atoms with Crippen molar-refractivity contribution in [1.29, 1.82) is 0 Å². The van der Waals surface area contributed by atoms with Crippen LogP contribution in [0, 0.1) is 0 Å². The van der Waals surface area contributed by atoms with E-state index in [-0.39, 0.29) is 0 Å². The largest absolute Gasteiger partial charge is 0.352 e. The van der Waals surface area contributed by atoms with Gasteiger partial charge in [0.15, 0.2) is 5.69 Å². The van der Waals surface area contributed by atoms with Crippen molar-refractivity contribution in [3.05, 3.63) is 42.0 Å². The van der Waals surface area contributed by atoms with E-state index in [0.717, 1.165) is 44.1 Å². The predicted molar refractivity (Wildman–Crippen MR) is 96.1 cm³/mol. The topological polar surface area (TPSA) is 40.3 Å². The van der Waals surface area contributed by atoms with E-state index in [1.807, 2.05) is 6.34 Å². The molecule has 4 rings (SSSR count). The molecule has 0 aromatic heterocycles. The summed E-state index contributed by atoms with van der Waals surface area (Å²) in [6.07, 6.45) is 8.61. The van der Waals surface area contributed by atoms with Crippen LogP contribution < -0.4 is 4.48 Å². The lowest BCUT2D eigenvalue weighted by Crippen LogP contribution is -2.53. The minimum absolute atomic E-state index is 0.615. The summed E-state index contributed by atoms with van der Waals surface area (Å²) in [6.45, 7) is 5.76. The molecule has 0 radical (unpaired) electrons. The van der Waals surface area contributed by atoms with Gasteiger partial charge < -0.3 is 4.90 Å². The Morgan fingerprint density at radius 2 is 2.13 bits per heavy atom. The highest BCUT2D eigenvalue weighted by Gasteiger charge is 2.43. The maximum atomic E-state index is 4.94. The summed E-state index contributed by atoms with van der Waals surface area (Å²) in [5.41, 5.74) is 2.47. The van der Waals surface area contributed by atoms with Crippen molar-refractivity contribution in [1.82, 2.24) is 9.38 Å². The summed E-state index contributed by atoms with van der Waals surface area (Å²) < 4.78 is 0.628. The van der Waals surface area contributed by atoms with Gasteiger partial charge in [0, 0.05) is 19.2 Å². The molecule has 5 heteroatoms. The molecular formula is C18H22N5+. The molecule has 1 aromatic rings. The number of hydrogen-bond acceptors (Lipinski definition) is 4. The fourth-order valence-electron chi connectivity index (χ4n) is 3.69. The van der Waals surface area contributed by atoms with Crippen molar-refractivity contribution in [2.75, 3.05) is 26.2 Å². The second-order valence-electron chi connectivity index (χ2n) is 6.20. The van der Waals surface area contributed by atoms with Crippen molar-refractivity contribution >= 4 is 23.7 Å². The molecule has 0 saturated heterocycles. The maximum absolute atomic E-state index is 4.94. The Kier molecular flexibility index (Phi) is 3.58. The van der Waals surface area contributed by atoms with Gasteiger partial charge in [0.25, 0.3) is 5.84 Å². The fraction of sp³-hybridized carbons (Fsp3) is 0.389. The first kappa shape index (κ1) is 14.3. The zero-order chi connectivity index (χ0) is 15.7. The van der Waals surface area contributed by atoms with Crippen LogP contribution in [-0.2, 0) is 0 Å². The summed E-state index contributed by atoms with van der Waals surface area (Å²) in [5, 5.41) is 8.64. The van der Waals surface area contributed by atoms with E-state index in [1.54, 1.807) is 0 Å². The normalized spacial score (nSPS) is 25.5. The Morgan fingerprint density at radius 3 is 2.96 bits per heavy atom. The average molecular weight is 308 g/mol. The van der Waals surface area contributed by atoms with E-state index in [9.17, 15) is 0 Å². The van der Waals surface area contributed by atoms with E-state index in [2.05, 4.69) is 58.4 Å². The third-order valence-corrected chi connectivity index (χ3v) is 4.76.